The minimum atomic E-state index is -3.75. The van der Waals surface area contributed by atoms with Gasteiger partial charge in [0.15, 0.2) is 0 Å². The number of nitrogens with one attached hydrogen (secondary N) is 1. The molecule has 0 atom stereocenters. The number of ether oxygens (including phenoxy) is 1. The monoisotopic (exact) mass is 389 g/mol. The zero-order chi connectivity index (χ0) is 20.0. The van der Waals surface area contributed by atoms with E-state index in [9.17, 15) is 13.2 Å². The number of likely N-dealkylation sites (N-methyl/N-ethyl adjacent to an activating group) is 1. The number of carbonyl (C=O) groups is 1. The molecule has 2 aromatic carbocycles. The summed E-state index contributed by atoms with van der Waals surface area (Å²) >= 11 is 0. The first-order valence-corrected chi connectivity index (χ1v) is 9.69. The van der Waals surface area contributed by atoms with Gasteiger partial charge in [-0.25, -0.2) is 13.8 Å². The average Bonchev–Trinajstić information content (AvgIpc) is 2.66. The number of aryl methyl sites for hydroxylation is 1. The van der Waals surface area contributed by atoms with E-state index in [1.54, 1.807) is 32.2 Å². The predicted molar refractivity (Wildman–Crippen MR) is 104 cm³/mol. The van der Waals surface area contributed by atoms with Crippen LogP contribution in [0.3, 0.4) is 0 Å². The van der Waals surface area contributed by atoms with Crippen LogP contribution in [0.1, 0.15) is 18.1 Å². The fourth-order valence-electron chi connectivity index (χ4n) is 2.36. The lowest BCUT2D eigenvalue weighted by Gasteiger charge is -2.16. The van der Waals surface area contributed by atoms with Crippen LogP contribution < -0.4 is 10.2 Å². The Hall–Kier alpha value is -2.71. The van der Waals surface area contributed by atoms with Gasteiger partial charge >= 0.3 is 0 Å². The third kappa shape index (κ3) is 5.15. The molecule has 144 valence electrons. The van der Waals surface area contributed by atoms with Crippen LogP contribution in [0.4, 0.5) is 0 Å². The van der Waals surface area contributed by atoms with Crippen LogP contribution in [0.25, 0.3) is 0 Å². The Labute approximate surface area is 159 Å². The molecule has 0 radical (unpaired) electrons. The van der Waals surface area contributed by atoms with Gasteiger partial charge in [0.2, 0.25) is 10.0 Å². The van der Waals surface area contributed by atoms with Crippen LogP contribution in [0.5, 0.6) is 5.75 Å². The Morgan fingerprint density at radius 3 is 2.41 bits per heavy atom. The smallest absolute Gasteiger partial charge is 0.255 e. The summed E-state index contributed by atoms with van der Waals surface area (Å²) in [5.74, 6) is 0.0921. The fraction of sp³-hybridized carbons (Fsp3) is 0.263. The first-order valence-electron chi connectivity index (χ1n) is 8.25. The van der Waals surface area contributed by atoms with Gasteiger partial charge in [-0.15, -0.1) is 0 Å². The Balaban J connectivity index is 2.05. The molecule has 2 rings (SSSR count). The third-order valence-corrected chi connectivity index (χ3v) is 5.76. The van der Waals surface area contributed by atoms with Crippen LogP contribution >= 0.6 is 0 Å². The van der Waals surface area contributed by atoms with Gasteiger partial charge in [0.1, 0.15) is 5.75 Å². The summed E-state index contributed by atoms with van der Waals surface area (Å²) in [5.41, 5.74) is 4.62. The summed E-state index contributed by atoms with van der Waals surface area (Å²) in [6, 6.07) is 13.7. The molecule has 0 unspecified atom stereocenters. The maximum atomic E-state index is 12.5. The molecule has 8 heteroatoms. The summed E-state index contributed by atoms with van der Waals surface area (Å²) < 4.78 is 31.3. The van der Waals surface area contributed by atoms with E-state index in [2.05, 4.69) is 10.5 Å². The highest BCUT2D eigenvalue weighted by Crippen LogP contribution is 2.18. The third-order valence-electron chi connectivity index (χ3n) is 3.94. The number of hydrogen-bond acceptors (Lipinski definition) is 5. The SMILES string of the molecule is COc1ccccc1/C(C)=N\NC(=O)CN(C)S(=O)(=O)c1ccc(C)cc1. The molecule has 0 saturated heterocycles. The Bertz CT molecular complexity index is 938. The van der Waals surface area contributed by atoms with Crippen molar-refractivity contribution in [2.75, 3.05) is 20.7 Å². The van der Waals surface area contributed by atoms with E-state index in [0.29, 0.717) is 11.5 Å². The van der Waals surface area contributed by atoms with E-state index < -0.39 is 15.9 Å². The molecule has 0 aromatic heterocycles. The van der Waals surface area contributed by atoms with E-state index >= 15 is 0 Å². The van der Waals surface area contributed by atoms with Gasteiger partial charge in [0.25, 0.3) is 5.91 Å². The van der Waals surface area contributed by atoms with Crippen molar-refractivity contribution in [2.24, 2.45) is 5.10 Å². The summed E-state index contributed by atoms with van der Waals surface area (Å²) in [5, 5.41) is 4.04. The highest BCUT2D eigenvalue weighted by molar-refractivity contribution is 7.89. The van der Waals surface area contributed by atoms with Crippen molar-refractivity contribution in [1.82, 2.24) is 9.73 Å². The first-order chi connectivity index (χ1) is 12.8. The van der Waals surface area contributed by atoms with Crippen LogP contribution in [0, 0.1) is 6.92 Å². The second kappa shape index (κ2) is 8.79. The minimum absolute atomic E-state index is 0.136. The number of hydrazone groups is 1. The molecule has 2 aromatic rings. The highest BCUT2D eigenvalue weighted by atomic mass is 32.2. The molecular formula is C19H23N3O4S. The molecule has 1 N–H and O–H groups in total. The van der Waals surface area contributed by atoms with Gasteiger partial charge in [-0.3, -0.25) is 4.79 Å². The topological polar surface area (TPSA) is 88.1 Å². The first kappa shape index (κ1) is 20.6. The quantitative estimate of drug-likeness (QED) is 0.581. The zero-order valence-electron chi connectivity index (χ0n) is 15.8. The second-order valence-electron chi connectivity index (χ2n) is 6.01. The van der Waals surface area contributed by atoms with Crippen LogP contribution in [-0.4, -0.2) is 45.0 Å². The number of hydrogen-bond donors (Lipinski definition) is 1. The van der Waals surface area contributed by atoms with E-state index in [0.717, 1.165) is 15.4 Å². The van der Waals surface area contributed by atoms with Gasteiger partial charge in [-0.1, -0.05) is 29.8 Å². The predicted octanol–water partition coefficient (Wildman–Crippen LogP) is 2.16. The normalized spacial score (nSPS) is 12.1. The van der Waals surface area contributed by atoms with Crippen molar-refractivity contribution in [3.05, 3.63) is 59.7 Å². The number of rotatable bonds is 7. The van der Waals surface area contributed by atoms with Gasteiger partial charge in [-0.2, -0.15) is 9.41 Å². The van der Waals surface area contributed by atoms with Crippen molar-refractivity contribution in [3.8, 4) is 5.75 Å². The summed E-state index contributed by atoms with van der Waals surface area (Å²) in [6.45, 7) is 3.25. The Morgan fingerprint density at radius 2 is 1.78 bits per heavy atom. The van der Waals surface area contributed by atoms with Crippen molar-refractivity contribution in [2.45, 2.75) is 18.7 Å². The lowest BCUT2D eigenvalue weighted by atomic mass is 10.1. The molecule has 0 aliphatic heterocycles. The second-order valence-corrected chi connectivity index (χ2v) is 8.05. The minimum Gasteiger partial charge on any atom is -0.496 e. The maximum Gasteiger partial charge on any atom is 0.255 e. The summed E-state index contributed by atoms with van der Waals surface area (Å²) in [6.07, 6.45) is 0. The summed E-state index contributed by atoms with van der Waals surface area (Å²) in [7, 11) is -0.844. The van der Waals surface area contributed by atoms with Gasteiger partial charge < -0.3 is 4.74 Å². The lowest BCUT2D eigenvalue weighted by molar-refractivity contribution is -0.121. The van der Waals surface area contributed by atoms with Gasteiger partial charge in [0.05, 0.1) is 24.3 Å². The van der Waals surface area contributed by atoms with Crippen molar-refractivity contribution in [3.63, 3.8) is 0 Å². The molecule has 0 bridgehead atoms. The van der Waals surface area contributed by atoms with Crippen molar-refractivity contribution >= 4 is 21.6 Å². The van der Waals surface area contributed by atoms with E-state index in [1.807, 2.05) is 25.1 Å². The van der Waals surface area contributed by atoms with E-state index in [-0.39, 0.29) is 11.4 Å². The Morgan fingerprint density at radius 1 is 1.15 bits per heavy atom. The van der Waals surface area contributed by atoms with Gasteiger partial charge in [0, 0.05) is 12.6 Å². The number of carbonyl (C=O) groups excluding carboxylic acids is 1. The molecule has 0 spiro atoms. The van der Waals surface area contributed by atoms with Crippen LogP contribution in [-0.2, 0) is 14.8 Å². The molecule has 27 heavy (non-hydrogen) atoms. The number of benzene rings is 2. The van der Waals surface area contributed by atoms with Crippen LogP contribution in [0.15, 0.2) is 58.5 Å². The number of para-hydroxylation sites is 1. The molecular weight excluding hydrogens is 366 g/mol. The summed E-state index contributed by atoms with van der Waals surface area (Å²) in [4.78, 5) is 12.3. The molecule has 7 nitrogen and oxygen atoms in total. The van der Waals surface area contributed by atoms with E-state index in [1.165, 1.54) is 19.2 Å². The lowest BCUT2D eigenvalue weighted by Crippen LogP contribution is -2.36. The van der Waals surface area contributed by atoms with Crippen molar-refractivity contribution in [1.29, 1.82) is 0 Å². The molecule has 0 fully saturated rings. The molecule has 0 heterocycles. The zero-order valence-corrected chi connectivity index (χ0v) is 16.6. The highest BCUT2D eigenvalue weighted by Gasteiger charge is 2.22. The standard InChI is InChI=1S/C19H23N3O4S/c1-14-9-11-16(12-10-14)27(24,25)22(3)13-19(23)21-20-15(2)17-7-5-6-8-18(17)26-4/h5-12H,13H2,1-4H3,(H,21,23)/b20-15-. The van der Waals surface area contributed by atoms with E-state index in [4.69, 9.17) is 4.74 Å². The van der Waals surface area contributed by atoms with Gasteiger partial charge in [-0.05, 0) is 38.1 Å². The number of nitrogens with zero attached hydrogens (tertiary/aromatic N) is 2. The van der Waals surface area contributed by atoms with Crippen LogP contribution in [0.2, 0.25) is 0 Å². The molecule has 0 saturated carbocycles. The van der Waals surface area contributed by atoms with Crippen molar-refractivity contribution < 1.29 is 17.9 Å². The number of amides is 1. The Kier molecular flexibility index (Phi) is 6.70. The molecule has 0 aliphatic rings. The fourth-order valence-corrected chi connectivity index (χ4v) is 3.49. The molecule has 0 aliphatic carbocycles. The molecule has 1 amide bonds. The maximum absolute atomic E-state index is 12.5. The number of methoxy groups -OCH3 is 1. The number of sulfonamides is 1. The largest absolute Gasteiger partial charge is 0.496 e. The average molecular weight is 389 g/mol.